The number of benzene rings is 1. The van der Waals surface area contributed by atoms with Crippen molar-refractivity contribution in [3.05, 3.63) is 92.7 Å². The van der Waals surface area contributed by atoms with E-state index < -0.39 is 35.9 Å². The average Bonchev–Trinajstić information content (AvgIpc) is 3.08. The minimum absolute atomic E-state index is 0.0269. The Morgan fingerprint density at radius 1 is 1.02 bits per heavy atom. The van der Waals surface area contributed by atoms with Gasteiger partial charge in [0.05, 0.1) is 24.0 Å². The number of allylic oxidation sites excluding steroid dienone is 2. The molecule has 0 amide bonds. The molecule has 1 saturated heterocycles. The monoisotopic (exact) mass is 744 g/mol. The number of halogens is 6. The molecule has 0 spiro atoms. The summed E-state index contributed by atoms with van der Waals surface area (Å²) in [5.74, 6) is -2.84. The third-order valence-corrected chi connectivity index (χ3v) is 11.3. The maximum Gasteiger partial charge on any atom is 0.416 e. The first kappa shape index (κ1) is 39.3. The Labute approximate surface area is 308 Å². The normalized spacial score (nSPS) is 24.5. The number of likely N-dealkylation sites (N-methyl/N-ethyl adjacent to an activating group) is 1. The smallest absolute Gasteiger partial charge is 0.395 e. The molecule has 2 N–H and O–H groups in total. The van der Waals surface area contributed by atoms with E-state index >= 15 is 4.39 Å². The molecule has 2 atom stereocenters. The largest absolute Gasteiger partial charge is 0.416 e. The van der Waals surface area contributed by atoms with E-state index in [4.69, 9.17) is 9.98 Å². The zero-order chi connectivity index (χ0) is 38.1. The fraction of sp³-hybridized carbons (Fsp3) is 0.585. The van der Waals surface area contributed by atoms with Gasteiger partial charge in [-0.05, 0) is 98.2 Å². The van der Waals surface area contributed by atoms with Crippen molar-refractivity contribution in [3.8, 4) is 0 Å². The van der Waals surface area contributed by atoms with E-state index in [1.54, 1.807) is 0 Å². The first-order valence-electron chi connectivity index (χ1n) is 18.7. The Kier molecular flexibility index (Phi) is 11.7. The van der Waals surface area contributed by atoms with Crippen LogP contribution in [0.15, 0.2) is 58.5 Å². The van der Waals surface area contributed by atoms with Gasteiger partial charge < -0.3 is 15.1 Å². The summed E-state index contributed by atoms with van der Waals surface area (Å²) in [6.07, 6.45) is 0.612. The molecule has 2 fully saturated rings. The predicted molar refractivity (Wildman–Crippen MR) is 193 cm³/mol. The van der Waals surface area contributed by atoms with E-state index in [0.717, 1.165) is 29.8 Å². The number of aliphatic hydroxyl groups is 2. The molecule has 1 saturated carbocycles. The second-order valence-corrected chi connectivity index (χ2v) is 16.0. The van der Waals surface area contributed by atoms with Gasteiger partial charge in [-0.25, -0.2) is 18.2 Å². The Hall–Kier alpha value is -3.44. The van der Waals surface area contributed by atoms with Crippen LogP contribution in [-0.4, -0.2) is 77.0 Å². The first-order chi connectivity index (χ1) is 25.0. The van der Waals surface area contributed by atoms with Crippen LogP contribution in [0.2, 0.25) is 0 Å². The van der Waals surface area contributed by atoms with E-state index in [0.29, 0.717) is 86.6 Å². The van der Waals surface area contributed by atoms with Crippen molar-refractivity contribution in [1.82, 2.24) is 14.8 Å². The number of rotatable bonds is 9. The van der Waals surface area contributed by atoms with Gasteiger partial charge in [0.1, 0.15) is 0 Å². The summed E-state index contributed by atoms with van der Waals surface area (Å²) in [6.45, 7) is 6.44. The molecule has 4 aliphatic rings. The maximum atomic E-state index is 17.3. The van der Waals surface area contributed by atoms with Crippen molar-refractivity contribution < 1.29 is 36.6 Å². The lowest BCUT2D eigenvalue weighted by Gasteiger charge is -2.41. The van der Waals surface area contributed by atoms with Crippen LogP contribution < -0.4 is 0 Å². The van der Waals surface area contributed by atoms with Crippen LogP contribution in [0.5, 0.6) is 0 Å². The summed E-state index contributed by atoms with van der Waals surface area (Å²) in [5.41, 5.74) is 5.57. The third-order valence-electron chi connectivity index (χ3n) is 11.3. The standard InChI is InChI=1S/C41H50F6N4O2/c1-39(2)22-31-35(32(53)23-39)34(27-12-16-40(43,44)17-13-27)36(37(42)28-8-10-30(11-9-28)41(45,46)47)38(49-31)29-14-18-51(19-15-29)33-7-5-4-6-26(24-48-33)25-50(3)20-21-52/h5-6,8-11,24,27,29,32,37,52-53H,4,12-23,25H2,1-3H3/b26-6+,48-24-. The molecule has 2 aliphatic carbocycles. The number of piperidine rings is 1. The molecule has 53 heavy (non-hydrogen) atoms. The molecule has 2 aromatic rings. The number of likely N-dealkylation sites (tertiary alicyclic amines) is 1. The number of nitrogens with zero attached hydrogens (tertiary/aromatic N) is 4. The molecular formula is C41H50F6N4O2. The fourth-order valence-corrected chi connectivity index (χ4v) is 8.51. The van der Waals surface area contributed by atoms with Crippen LogP contribution in [0, 0.1) is 5.41 Å². The van der Waals surface area contributed by atoms with Crippen molar-refractivity contribution in [2.45, 2.75) is 108 Å². The molecule has 6 nitrogen and oxygen atoms in total. The van der Waals surface area contributed by atoms with Crippen molar-refractivity contribution in [1.29, 1.82) is 0 Å². The number of hydrogen-bond acceptors (Lipinski definition) is 6. The Morgan fingerprint density at radius 3 is 2.34 bits per heavy atom. The Balaban J connectivity index is 1.38. The van der Waals surface area contributed by atoms with Crippen LogP contribution >= 0.6 is 0 Å². The van der Waals surface area contributed by atoms with E-state index in [1.807, 2.05) is 38.1 Å². The summed E-state index contributed by atoms with van der Waals surface area (Å²) in [6, 6.07) is 4.03. The SMILES string of the molecule is CN(CCO)CC1=C/CC=C=C(N2CCC(c3nc4c(c(C5CCC(F)(F)CC5)c3C(F)c3ccc(C(F)(F)F)cc3)C(O)CC(C)(C)C4)CC2)/N=C\1. The Bertz CT molecular complexity index is 1740. The number of pyridine rings is 1. The third kappa shape index (κ3) is 9.10. The predicted octanol–water partition coefficient (Wildman–Crippen LogP) is 8.96. The highest BCUT2D eigenvalue weighted by Gasteiger charge is 2.44. The number of aliphatic hydroxyl groups excluding tert-OH is 2. The molecule has 0 bridgehead atoms. The first-order valence-corrected chi connectivity index (χ1v) is 18.7. The fourth-order valence-electron chi connectivity index (χ4n) is 8.51. The molecule has 1 aromatic heterocycles. The molecule has 2 aliphatic heterocycles. The molecule has 3 heterocycles. The molecule has 6 rings (SSSR count). The molecule has 1 aromatic carbocycles. The number of alkyl halides is 6. The van der Waals surface area contributed by atoms with E-state index in [2.05, 4.69) is 16.7 Å². The van der Waals surface area contributed by atoms with Gasteiger partial charge in [-0.2, -0.15) is 13.2 Å². The highest BCUT2D eigenvalue weighted by atomic mass is 19.4. The second kappa shape index (κ2) is 15.7. The summed E-state index contributed by atoms with van der Waals surface area (Å²) >= 11 is 0. The maximum absolute atomic E-state index is 17.3. The quantitative estimate of drug-likeness (QED) is 0.198. The average molecular weight is 745 g/mol. The second-order valence-electron chi connectivity index (χ2n) is 16.0. The van der Waals surface area contributed by atoms with Crippen LogP contribution in [0.1, 0.15) is 129 Å². The van der Waals surface area contributed by atoms with Crippen LogP contribution in [0.3, 0.4) is 0 Å². The summed E-state index contributed by atoms with van der Waals surface area (Å²) in [4.78, 5) is 14.0. The van der Waals surface area contributed by atoms with Gasteiger partial charge in [-0.15, -0.1) is 0 Å². The van der Waals surface area contributed by atoms with E-state index in [9.17, 15) is 32.2 Å². The molecule has 0 radical (unpaired) electrons. The molecule has 288 valence electrons. The number of hydrogen-bond donors (Lipinski definition) is 2. The lowest BCUT2D eigenvalue weighted by molar-refractivity contribution is -0.137. The highest BCUT2D eigenvalue weighted by molar-refractivity contribution is 5.80. The van der Waals surface area contributed by atoms with Gasteiger partial charge in [0.2, 0.25) is 5.92 Å². The number of fused-ring (bicyclic) bond motifs is 1. The van der Waals surface area contributed by atoms with E-state index in [1.165, 1.54) is 0 Å². The van der Waals surface area contributed by atoms with Gasteiger partial charge >= 0.3 is 6.18 Å². The van der Waals surface area contributed by atoms with Crippen LogP contribution in [-0.2, 0) is 12.6 Å². The number of aromatic nitrogens is 1. The summed E-state index contributed by atoms with van der Waals surface area (Å²) in [7, 11) is 1.93. The van der Waals surface area contributed by atoms with Gasteiger partial charge in [0.25, 0.3) is 0 Å². The molecule has 2 unspecified atom stereocenters. The lowest BCUT2D eigenvalue weighted by Crippen LogP contribution is -2.35. The highest BCUT2D eigenvalue weighted by Crippen LogP contribution is 2.52. The van der Waals surface area contributed by atoms with Crippen LogP contribution in [0.25, 0.3) is 0 Å². The summed E-state index contributed by atoms with van der Waals surface area (Å²) in [5, 5.41) is 20.9. The summed E-state index contributed by atoms with van der Waals surface area (Å²) < 4.78 is 86.9. The molecule has 12 heteroatoms. The minimum atomic E-state index is -4.59. The van der Waals surface area contributed by atoms with Crippen molar-refractivity contribution in [3.63, 3.8) is 0 Å². The lowest BCUT2D eigenvalue weighted by atomic mass is 9.68. The molecular weight excluding hydrogens is 694 g/mol. The zero-order valence-electron chi connectivity index (χ0n) is 30.7. The topological polar surface area (TPSA) is 72.2 Å². The minimum Gasteiger partial charge on any atom is -0.395 e. The van der Waals surface area contributed by atoms with Gasteiger partial charge in [0.15, 0.2) is 12.0 Å². The van der Waals surface area contributed by atoms with Gasteiger partial charge in [0, 0.05) is 68.0 Å². The number of aliphatic imine (C=N–C) groups is 1. The van der Waals surface area contributed by atoms with Crippen LogP contribution in [0.4, 0.5) is 26.3 Å². The van der Waals surface area contributed by atoms with Crippen molar-refractivity contribution >= 4 is 6.21 Å². The zero-order valence-corrected chi connectivity index (χ0v) is 30.7. The van der Waals surface area contributed by atoms with Gasteiger partial charge in [-0.1, -0.05) is 37.8 Å². The Morgan fingerprint density at radius 2 is 1.70 bits per heavy atom. The van der Waals surface area contributed by atoms with Crippen molar-refractivity contribution in [2.24, 2.45) is 10.4 Å². The van der Waals surface area contributed by atoms with E-state index in [-0.39, 0.29) is 54.7 Å². The van der Waals surface area contributed by atoms with Crippen molar-refractivity contribution in [2.75, 3.05) is 39.8 Å². The van der Waals surface area contributed by atoms with Gasteiger partial charge in [-0.3, -0.25) is 9.88 Å².